The van der Waals surface area contributed by atoms with Gasteiger partial charge in [0.2, 0.25) is 0 Å². The summed E-state index contributed by atoms with van der Waals surface area (Å²) >= 11 is 0. The number of alkyl halides is 2. The SMILES string of the molecule is C[C@@H](CN1CCC(O)(C(F)F)CC1)C1CCC2/C(=C/C=C3/CCC[C@H](O)C3)CCCC21C. The summed E-state index contributed by atoms with van der Waals surface area (Å²) in [6.45, 7) is 6.95. The molecule has 1 aliphatic heterocycles. The van der Waals surface area contributed by atoms with Crippen molar-refractivity contribution >= 4 is 0 Å². The van der Waals surface area contributed by atoms with Gasteiger partial charge in [-0.1, -0.05) is 37.1 Å². The highest BCUT2D eigenvalue weighted by Gasteiger charge is 2.51. The van der Waals surface area contributed by atoms with Crippen LogP contribution in [0.2, 0.25) is 0 Å². The Labute approximate surface area is 193 Å². The van der Waals surface area contributed by atoms with Crippen molar-refractivity contribution in [2.75, 3.05) is 19.6 Å². The number of likely N-dealkylation sites (tertiary alicyclic amines) is 1. The van der Waals surface area contributed by atoms with Gasteiger partial charge in [-0.15, -0.1) is 0 Å². The van der Waals surface area contributed by atoms with Crippen LogP contribution in [0.4, 0.5) is 8.78 Å². The largest absolute Gasteiger partial charge is 0.393 e. The number of piperidine rings is 1. The van der Waals surface area contributed by atoms with Crippen LogP contribution in [0.15, 0.2) is 23.3 Å². The normalized spacial score (nSPS) is 39.5. The van der Waals surface area contributed by atoms with E-state index in [4.69, 9.17) is 0 Å². The van der Waals surface area contributed by atoms with E-state index in [1.54, 1.807) is 5.57 Å². The van der Waals surface area contributed by atoms with Gasteiger partial charge in [0.25, 0.3) is 6.43 Å². The predicted octanol–water partition coefficient (Wildman–Crippen LogP) is 5.72. The molecule has 3 saturated carbocycles. The molecule has 1 heterocycles. The lowest BCUT2D eigenvalue weighted by molar-refractivity contribution is -0.128. The van der Waals surface area contributed by atoms with Gasteiger partial charge in [0.15, 0.2) is 0 Å². The van der Waals surface area contributed by atoms with Gasteiger partial charge in [0.1, 0.15) is 5.60 Å². The minimum atomic E-state index is -2.64. The number of halogens is 2. The molecular formula is C27H43F2NO2. The number of nitrogens with zero attached hydrogens (tertiary/aromatic N) is 1. The van der Waals surface area contributed by atoms with Crippen molar-refractivity contribution in [1.82, 2.24) is 4.90 Å². The van der Waals surface area contributed by atoms with Crippen molar-refractivity contribution in [2.24, 2.45) is 23.2 Å². The molecule has 3 unspecified atom stereocenters. The van der Waals surface area contributed by atoms with Crippen molar-refractivity contribution in [3.63, 3.8) is 0 Å². The molecule has 0 bridgehead atoms. The number of hydrogen-bond acceptors (Lipinski definition) is 3. The highest BCUT2D eigenvalue weighted by molar-refractivity contribution is 5.25. The summed E-state index contributed by atoms with van der Waals surface area (Å²) in [5.41, 5.74) is 1.56. The Hall–Kier alpha value is -0.780. The standard InChI is InChI=1S/C27H43F2NO2/c1-19(18-30-15-13-27(32,14-16-30)25(28)29)23-10-11-24-21(6-4-12-26(23,24)2)9-8-20-5-3-7-22(31)17-20/h8-9,19,22-25,31-32H,3-7,10-18H2,1-2H3/b20-8-,21-9+/t19-,22-,23?,24?,26?/m0/s1. The molecule has 0 amide bonds. The first-order valence-electron chi connectivity index (χ1n) is 13.0. The van der Waals surface area contributed by atoms with E-state index in [0.29, 0.717) is 36.3 Å². The van der Waals surface area contributed by atoms with Crippen LogP contribution < -0.4 is 0 Å². The Morgan fingerprint density at radius 1 is 1.06 bits per heavy atom. The fraction of sp³-hybridized carbons (Fsp3) is 0.852. The van der Waals surface area contributed by atoms with E-state index >= 15 is 0 Å². The molecule has 4 fully saturated rings. The van der Waals surface area contributed by atoms with Crippen molar-refractivity contribution < 1.29 is 19.0 Å². The molecule has 3 aliphatic carbocycles. The molecule has 1 saturated heterocycles. The van der Waals surface area contributed by atoms with E-state index < -0.39 is 12.0 Å². The summed E-state index contributed by atoms with van der Waals surface area (Å²) in [7, 11) is 0. The van der Waals surface area contributed by atoms with Gasteiger partial charge in [-0.3, -0.25) is 0 Å². The van der Waals surface area contributed by atoms with Crippen LogP contribution in [0.1, 0.15) is 84.5 Å². The Morgan fingerprint density at radius 3 is 2.50 bits per heavy atom. The molecule has 182 valence electrons. The summed E-state index contributed by atoms with van der Waals surface area (Å²) in [4.78, 5) is 2.30. The molecule has 4 aliphatic rings. The number of rotatable bonds is 5. The van der Waals surface area contributed by atoms with E-state index in [0.717, 1.165) is 32.2 Å². The maximum absolute atomic E-state index is 13.1. The minimum Gasteiger partial charge on any atom is -0.393 e. The topological polar surface area (TPSA) is 43.7 Å². The number of allylic oxidation sites excluding steroid dienone is 3. The molecule has 0 aromatic rings. The third-order valence-electron chi connectivity index (χ3n) is 9.47. The van der Waals surface area contributed by atoms with Gasteiger partial charge >= 0.3 is 0 Å². The fourth-order valence-electron chi connectivity index (χ4n) is 7.54. The van der Waals surface area contributed by atoms with E-state index in [-0.39, 0.29) is 18.9 Å². The van der Waals surface area contributed by atoms with Crippen LogP contribution in [-0.2, 0) is 0 Å². The summed E-state index contributed by atoms with van der Waals surface area (Å²) < 4.78 is 26.2. The molecule has 4 rings (SSSR count). The van der Waals surface area contributed by atoms with Crippen LogP contribution in [0.3, 0.4) is 0 Å². The third-order valence-corrected chi connectivity index (χ3v) is 9.47. The Bertz CT molecular complexity index is 712. The second-order valence-electron chi connectivity index (χ2n) is 11.6. The molecule has 3 nitrogen and oxygen atoms in total. The third kappa shape index (κ3) is 5.00. The van der Waals surface area contributed by atoms with E-state index in [2.05, 4.69) is 30.9 Å². The monoisotopic (exact) mass is 451 g/mol. The Balaban J connectivity index is 1.38. The van der Waals surface area contributed by atoms with Gasteiger partial charge in [-0.05, 0) is 93.8 Å². The number of fused-ring (bicyclic) bond motifs is 1. The first kappa shape index (κ1) is 24.3. The Kier molecular flexibility index (Phi) is 7.48. The van der Waals surface area contributed by atoms with Gasteiger partial charge in [-0.2, -0.15) is 0 Å². The summed E-state index contributed by atoms with van der Waals surface area (Å²) in [5.74, 6) is 1.85. The van der Waals surface area contributed by atoms with Gasteiger partial charge in [-0.25, -0.2) is 8.78 Å². The fourth-order valence-corrected chi connectivity index (χ4v) is 7.54. The molecule has 32 heavy (non-hydrogen) atoms. The molecule has 5 atom stereocenters. The quantitative estimate of drug-likeness (QED) is 0.562. The highest BCUT2D eigenvalue weighted by Crippen LogP contribution is 2.59. The first-order valence-corrected chi connectivity index (χ1v) is 13.0. The van der Waals surface area contributed by atoms with Gasteiger partial charge in [0, 0.05) is 19.6 Å². The van der Waals surface area contributed by atoms with Crippen LogP contribution in [0, 0.1) is 23.2 Å². The zero-order valence-corrected chi connectivity index (χ0v) is 20.0. The minimum absolute atomic E-state index is 0.159. The zero-order valence-electron chi connectivity index (χ0n) is 20.0. The first-order chi connectivity index (χ1) is 15.2. The van der Waals surface area contributed by atoms with Crippen LogP contribution in [-0.4, -0.2) is 52.9 Å². The predicted molar refractivity (Wildman–Crippen MR) is 125 cm³/mol. The average molecular weight is 452 g/mol. The van der Waals surface area contributed by atoms with Crippen molar-refractivity contribution in [3.8, 4) is 0 Å². The van der Waals surface area contributed by atoms with Crippen molar-refractivity contribution in [2.45, 2.75) is 103 Å². The molecule has 5 heteroatoms. The average Bonchev–Trinajstić information content (AvgIpc) is 3.11. The van der Waals surface area contributed by atoms with Crippen LogP contribution >= 0.6 is 0 Å². The Morgan fingerprint density at radius 2 is 1.81 bits per heavy atom. The molecule has 0 radical (unpaired) electrons. The van der Waals surface area contributed by atoms with Gasteiger partial charge in [0.05, 0.1) is 6.10 Å². The number of hydrogen-bond donors (Lipinski definition) is 2. The maximum atomic E-state index is 13.1. The van der Waals surface area contributed by atoms with Gasteiger partial charge < -0.3 is 15.1 Å². The lowest BCUT2D eigenvalue weighted by Gasteiger charge is -2.46. The van der Waals surface area contributed by atoms with E-state index in [9.17, 15) is 19.0 Å². The zero-order chi connectivity index (χ0) is 22.9. The summed E-state index contributed by atoms with van der Waals surface area (Å²) in [6.07, 6.45) is 12.5. The molecule has 2 N–H and O–H groups in total. The van der Waals surface area contributed by atoms with Crippen molar-refractivity contribution in [3.05, 3.63) is 23.3 Å². The lowest BCUT2D eigenvalue weighted by atomic mass is 9.61. The molecule has 0 aromatic heterocycles. The molecule has 0 spiro atoms. The smallest absolute Gasteiger partial charge is 0.266 e. The number of aliphatic hydroxyl groups is 2. The number of aliphatic hydroxyl groups excluding tert-OH is 1. The molecule has 0 aromatic carbocycles. The maximum Gasteiger partial charge on any atom is 0.266 e. The lowest BCUT2D eigenvalue weighted by Crippen LogP contribution is -2.50. The summed E-state index contributed by atoms with van der Waals surface area (Å²) in [6, 6.07) is 0. The van der Waals surface area contributed by atoms with E-state index in [1.165, 1.54) is 37.7 Å². The van der Waals surface area contributed by atoms with Crippen LogP contribution in [0.25, 0.3) is 0 Å². The molecular weight excluding hydrogens is 408 g/mol. The van der Waals surface area contributed by atoms with E-state index in [1.807, 2.05) is 0 Å². The van der Waals surface area contributed by atoms with Crippen molar-refractivity contribution in [1.29, 1.82) is 0 Å². The second kappa shape index (κ2) is 9.84. The highest BCUT2D eigenvalue weighted by atomic mass is 19.3. The second-order valence-corrected chi connectivity index (χ2v) is 11.6. The van der Waals surface area contributed by atoms with Crippen LogP contribution in [0.5, 0.6) is 0 Å². The summed E-state index contributed by atoms with van der Waals surface area (Å²) in [5, 5.41) is 20.1.